The van der Waals surface area contributed by atoms with Crippen LogP contribution in [0.15, 0.2) is 0 Å². The van der Waals surface area contributed by atoms with Crippen molar-refractivity contribution in [2.45, 2.75) is 52.1 Å². The van der Waals surface area contributed by atoms with E-state index in [1.54, 1.807) is 0 Å². The first kappa shape index (κ1) is 14.5. The lowest BCUT2D eigenvalue weighted by Gasteiger charge is -2.44. The molecule has 1 aliphatic rings. The van der Waals surface area contributed by atoms with Crippen LogP contribution >= 0.6 is 0 Å². The van der Waals surface area contributed by atoms with Gasteiger partial charge in [0, 0.05) is 31.7 Å². The Kier molecular flexibility index (Phi) is 4.95. The fourth-order valence-corrected chi connectivity index (χ4v) is 2.48. The Bertz CT molecular complexity index is 252. The van der Waals surface area contributed by atoms with Crippen molar-refractivity contribution < 1.29 is 4.79 Å². The molecule has 0 aromatic rings. The Morgan fingerprint density at radius 3 is 2.12 bits per heavy atom. The van der Waals surface area contributed by atoms with E-state index in [0.717, 1.165) is 39.0 Å². The van der Waals surface area contributed by atoms with Crippen molar-refractivity contribution in [3.05, 3.63) is 0 Å². The standard InChI is InChI=1S/C13H27N3O/c1-5-6-11(12(14)17)15-7-9-16(10-8-15)13(2,3)4/h11H,5-10H2,1-4H3,(H2,14,17)/t11-/m0/s1. The predicted octanol–water partition coefficient (Wildman–Crippen LogP) is 1.06. The summed E-state index contributed by atoms with van der Waals surface area (Å²) in [4.78, 5) is 16.1. The third kappa shape index (κ3) is 3.96. The number of piperazine rings is 1. The lowest BCUT2D eigenvalue weighted by molar-refractivity contribution is -0.124. The van der Waals surface area contributed by atoms with Gasteiger partial charge in [-0.25, -0.2) is 0 Å². The molecular weight excluding hydrogens is 214 g/mol. The number of hydrogen-bond donors (Lipinski definition) is 1. The molecule has 1 rings (SSSR count). The molecule has 0 saturated carbocycles. The van der Waals surface area contributed by atoms with E-state index >= 15 is 0 Å². The molecule has 0 aromatic heterocycles. The molecule has 1 heterocycles. The SMILES string of the molecule is CCC[C@@H](C(N)=O)N1CCN(C(C)(C)C)CC1. The third-order valence-corrected chi connectivity index (χ3v) is 3.59. The molecule has 0 spiro atoms. The molecule has 17 heavy (non-hydrogen) atoms. The fourth-order valence-electron chi connectivity index (χ4n) is 2.48. The molecule has 0 unspecified atom stereocenters. The molecule has 4 nitrogen and oxygen atoms in total. The van der Waals surface area contributed by atoms with Gasteiger partial charge in [-0.2, -0.15) is 0 Å². The number of primary amides is 1. The van der Waals surface area contributed by atoms with Gasteiger partial charge in [-0.1, -0.05) is 13.3 Å². The minimum absolute atomic E-state index is 0.0675. The monoisotopic (exact) mass is 241 g/mol. The molecule has 0 bridgehead atoms. The van der Waals surface area contributed by atoms with E-state index < -0.39 is 0 Å². The van der Waals surface area contributed by atoms with Crippen molar-refractivity contribution in [3.63, 3.8) is 0 Å². The molecule has 1 fully saturated rings. The number of nitrogens with zero attached hydrogens (tertiary/aromatic N) is 2. The Hall–Kier alpha value is -0.610. The highest BCUT2D eigenvalue weighted by molar-refractivity contribution is 5.79. The normalized spacial score (nSPS) is 21.4. The van der Waals surface area contributed by atoms with Gasteiger partial charge in [0.25, 0.3) is 0 Å². The Morgan fingerprint density at radius 1 is 1.24 bits per heavy atom. The second kappa shape index (κ2) is 5.83. The molecule has 1 atom stereocenters. The van der Waals surface area contributed by atoms with Crippen LogP contribution in [0.5, 0.6) is 0 Å². The smallest absolute Gasteiger partial charge is 0.234 e. The molecule has 2 N–H and O–H groups in total. The lowest BCUT2D eigenvalue weighted by atomic mass is 10.0. The molecular formula is C13H27N3O. The van der Waals surface area contributed by atoms with Crippen molar-refractivity contribution >= 4 is 5.91 Å². The van der Waals surface area contributed by atoms with Gasteiger partial charge in [0.1, 0.15) is 0 Å². The van der Waals surface area contributed by atoms with Crippen LogP contribution in [0.25, 0.3) is 0 Å². The van der Waals surface area contributed by atoms with Crippen LogP contribution in [0, 0.1) is 0 Å². The number of amides is 1. The van der Waals surface area contributed by atoms with Crippen LogP contribution in [-0.4, -0.2) is 53.5 Å². The van der Waals surface area contributed by atoms with Gasteiger partial charge in [0.15, 0.2) is 0 Å². The van der Waals surface area contributed by atoms with Gasteiger partial charge in [-0.3, -0.25) is 14.6 Å². The summed E-state index contributed by atoms with van der Waals surface area (Å²) < 4.78 is 0. The Labute approximate surface area is 105 Å². The number of hydrogen-bond acceptors (Lipinski definition) is 3. The molecule has 0 aromatic carbocycles. The highest BCUT2D eigenvalue weighted by Crippen LogP contribution is 2.18. The van der Waals surface area contributed by atoms with Crippen molar-refractivity contribution in [1.82, 2.24) is 9.80 Å². The molecule has 1 saturated heterocycles. The van der Waals surface area contributed by atoms with E-state index in [9.17, 15) is 4.79 Å². The minimum atomic E-state index is -0.170. The van der Waals surface area contributed by atoms with E-state index in [2.05, 4.69) is 37.5 Å². The first-order chi connectivity index (χ1) is 7.86. The maximum Gasteiger partial charge on any atom is 0.234 e. The topological polar surface area (TPSA) is 49.6 Å². The van der Waals surface area contributed by atoms with Gasteiger partial charge in [-0.15, -0.1) is 0 Å². The van der Waals surface area contributed by atoms with Gasteiger partial charge in [0.2, 0.25) is 5.91 Å². The summed E-state index contributed by atoms with van der Waals surface area (Å²) in [6.07, 6.45) is 1.89. The average Bonchev–Trinajstić information content (AvgIpc) is 2.24. The summed E-state index contributed by atoms with van der Waals surface area (Å²) >= 11 is 0. The Morgan fingerprint density at radius 2 is 1.76 bits per heavy atom. The van der Waals surface area contributed by atoms with E-state index in [4.69, 9.17) is 5.73 Å². The summed E-state index contributed by atoms with van der Waals surface area (Å²) in [5, 5.41) is 0. The van der Waals surface area contributed by atoms with E-state index in [1.807, 2.05) is 0 Å². The molecule has 0 aliphatic carbocycles. The average molecular weight is 241 g/mol. The van der Waals surface area contributed by atoms with Crippen molar-refractivity contribution in [2.24, 2.45) is 5.73 Å². The number of carbonyl (C=O) groups excluding carboxylic acids is 1. The molecule has 100 valence electrons. The van der Waals surface area contributed by atoms with Crippen molar-refractivity contribution in [1.29, 1.82) is 0 Å². The van der Waals surface area contributed by atoms with Crippen LogP contribution in [0.2, 0.25) is 0 Å². The summed E-state index contributed by atoms with van der Waals surface area (Å²) in [6.45, 7) is 12.8. The summed E-state index contributed by atoms with van der Waals surface area (Å²) in [5.41, 5.74) is 5.70. The first-order valence-electron chi connectivity index (χ1n) is 6.64. The first-order valence-corrected chi connectivity index (χ1v) is 6.64. The van der Waals surface area contributed by atoms with E-state index in [1.165, 1.54) is 0 Å². The maximum absolute atomic E-state index is 11.4. The summed E-state index contributed by atoms with van der Waals surface area (Å²) in [7, 11) is 0. The van der Waals surface area contributed by atoms with Crippen molar-refractivity contribution in [3.8, 4) is 0 Å². The minimum Gasteiger partial charge on any atom is -0.368 e. The van der Waals surface area contributed by atoms with Gasteiger partial charge in [0.05, 0.1) is 6.04 Å². The van der Waals surface area contributed by atoms with Crippen LogP contribution in [0.1, 0.15) is 40.5 Å². The van der Waals surface area contributed by atoms with Gasteiger partial charge < -0.3 is 5.73 Å². The quantitative estimate of drug-likeness (QED) is 0.800. The van der Waals surface area contributed by atoms with E-state index in [0.29, 0.717) is 0 Å². The van der Waals surface area contributed by atoms with Crippen LogP contribution in [0.4, 0.5) is 0 Å². The molecule has 0 radical (unpaired) electrons. The number of rotatable bonds is 4. The highest BCUT2D eigenvalue weighted by Gasteiger charge is 2.30. The second-order valence-corrected chi connectivity index (χ2v) is 5.90. The maximum atomic E-state index is 11.4. The zero-order chi connectivity index (χ0) is 13.1. The lowest BCUT2D eigenvalue weighted by Crippen LogP contribution is -2.57. The van der Waals surface area contributed by atoms with Gasteiger partial charge >= 0.3 is 0 Å². The van der Waals surface area contributed by atoms with Crippen LogP contribution in [0.3, 0.4) is 0 Å². The fraction of sp³-hybridized carbons (Fsp3) is 0.923. The number of carbonyl (C=O) groups is 1. The second-order valence-electron chi connectivity index (χ2n) is 5.90. The van der Waals surface area contributed by atoms with E-state index in [-0.39, 0.29) is 17.5 Å². The third-order valence-electron chi connectivity index (χ3n) is 3.59. The Balaban J connectivity index is 2.52. The zero-order valence-corrected chi connectivity index (χ0v) is 11.7. The molecule has 1 aliphatic heterocycles. The zero-order valence-electron chi connectivity index (χ0n) is 11.7. The number of nitrogens with two attached hydrogens (primary N) is 1. The summed E-state index contributed by atoms with van der Waals surface area (Å²) in [5.74, 6) is -0.170. The van der Waals surface area contributed by atoms with Crippen molar-refractivity contribution in [2.75, 3.05) is 26.2 Å². The van der Waals surface area contributed by atoms with Crippen LogP contribution < -0.4 is 5.73 Å². The largest absolute Gasteiger partial charge is 0.368 e. The van der Waals surface area contributed by atoms with Gasteiger partial charge in [-0.05, 0) is 27.2 Å². The molecule has 1 amide bonds. The van der Waals surface area contributed by atoms with Crippen LogP contribution in [-0.2, 0) is 4.79 Å². The predicted molar refractivity (Wildman–Crippen MR) is 70.8 cm³/mol. The highest BCUT2D eigenvalue weighted by atomic mass is 16.1. The molecule has 4 heteroatoms. The summed E-state index contributed by atoms with van der Waals surface area (Å²) in [6, 6.07) is -0.0675.